The fourth-order valence-electron chi connectivity index (χ4n) is 3.27. The second-order valence-electron chi connectivity index (χ2n) is 5.99. The molecular weight excluding hydrogens is 284 g/mol. The lowest BCUT2D eigenvalue weighted by Crippen LogP contribution is -2.21. The van der Waals surface area contributed by atoms with Crippen molar-refractivity contribution in [2.75, 3.05) is 26.2 Å². The third-order valence-corrected chi connectivity index (χ3v) is 4.89. The standard InChI is InChI=1S/C17H23ClN2O/c1-13-10-15-14(4-7-19-5-2-3-6-19)12-20(8-9-21)17(15)11-16(13)18/h10-12,21H,2-9H2,1H3. The van der Waals surface area contributed by atoms with Crippen molar-refractivity contribution >= 4 is 22.5 Å². The number of rotatable bonds is 5. The Morgan fingerprint density at radius 3 is 2.67 bits per heavy atom. The van der Waals surface area contributed by atoms with E-state index in [1.807, 2.05) is 6.07 Å². The first kappa shape index (κ1) is 14.9. The lowest BCUT2D eigenvalue weighted by Gasteiger charge is -2.13. The summed E-state index contributed by atoms with van der Waals surface area (Å²) < 4.78 is 2.12. The fourth-order valence-corrected chi connectivity index (χ4v) is 3.43. The zero-order valence-corrected chi connectivity index (χ0v) is 13.4. The summed E-state index contributed by atoms with van der Waals surface area (Å²) in [7, 11) is 0. The average molecular weight is 307 g/mol. The summed E-state index contributed by atoms with van der Waals surface area (Å²) in [6, 6.07) is 4.21. The molecule has 3 rings (SSSR count). The maximum atomic E-state index is 9.25. The number of aryl methyl sites for hydroxylation is 1. The summed E-state index contributed by atoms with van der Waals surface area (Å²) in [5, 5.41) is 11.3. The van der Waals surface area contributed by atoms with E-state index in [2.05, 4.69) is 28.7 Å². The molecule has 1 saturated heterocycles. The average Bonchev–Trinajstić information content (AvgIpc) is 3.07. The Bertz CT molecular complexity index is 629. The number of benzene rings is 1. The quantitative estimate of drug-likeness (QED) is 0.918. The molecule has 4 heteroatoms. The van der Waals surface area contributed by atoms with Crippen LogP contribution in [-0.4, -0.2) is 40.8 Å². The monoisotopic (exact) mass is 306 g/mol. The molecule has 0 bridgehead atoms. The minimum Gasteiger partial charge on any atom is -0.395 e. The van der Waals surface area contributed by atoms with Gasteiger partial charge in [-0.1, -0.05) is 11.6 Å². The van der Waals surface area contributed by atoms with Crippen molar-refractivity contribution in [3.63, 3.8) is 0 Å². The summed E-state index contributed by atoms with van der Waals surface area (Å²) in [5.41, 5.74) is 3.62. The normalized spacial score (nSPS) is 16.1. The topological polar surface area (TPSA) is 28.4 Å². The van der Waals surface area contributed by atoms with E-state index in [1.165, 1.54) is 36.9 Å². The first-order valence-corrected chi connectivity index (χ1v) is 8.18. The van der Waals surface area contributed by atoms with E-state index < -0.39 is 0 Å². The van der Waals surface area contributed by atoms with Crippen LogP contribution >= 0.6 is 11.6 Å². The Balaban J connectivity index is 1.90. The molecule has 0 spiro atoms. The van der Waals surface area contributed by atoms with Crippen molar-refractivity contribution < 1.29 is 5.11 Å². The molecule has 1 aliphatic heterocycles. The van der Waals surface area contributed by atoms with Crippen LogP contribution in [0.1, 0.15) is 24.0 Å². The molecule has 0 unspecified atom stereocenters. The number of fused-ring (bicyclic) bond motifs is 1. The molecule has 1 fully saturated rings. The van der Waals surface area contributed by atoms with Gasteiger partial charge in [-0.3, -0.25) is 0 Å². The molecular formula is C17H23ClN2O. The third kappa shape index (κ3) is 3.10. The highest BCUT2D eigenvalue weighted by Crippen LogP contribution is 2.28. The van der Waals surface area contributed by atoms with Gasteiger partial charge in [-0.15, -0.1) is 0 Å². The van der Waals surface area contributed by atoms with Gasteiger partial charge in [0.15, 0.2) is 0 Å². The maximum absolute atomic E-state index is 9.25. The maximum Gasteiger partial charge on any atom is 0.0610 e. The molecule has 114 valence electrons. The van der Waals surface area contributed by atoms with Gasteiger partial charge < -0.3 is 14.6 Å². The number of nitrogens with zero attached hydrogens (tertiary/aromatic N) is 2. The van der Waals surface area contributed by atoms with Gasteiger partial charge in [-0.05, 0) is 62.5 Å². The van der Waals surface area contributed by atoms with Crippen LogP contribution in [0.4, 0.5) is 0 Å². The number of likely N-dealkylation sites (tertiary alicyclic amines) is 1. The highest BCUT2D eigenvalue weighted by atomic mass is 35.5. The molecule has 2 aromatic rings. The number of aliphatic hydroxyl groups excluding tert-OH is 1. The summed E-state index contributed by atoms with van der Waals surface area (Å²) in [4.78, 5) is 2.54. The van der Waals surface area contributed by atoms with Crippen molar-refractivity contribution in [1.29, 1.82) is 0 Å². The molecule has 1 aromatic heterocycles. The fraction of sp³-hybridized carbons (Fsp3) is 0.529. The smallest absolute Gasteiger partial charge is 0.0610 e. The molecule has 0 amide bonds. The van der Waals surface area contributed by atoms with Gasteiger partial charge >= 0.3 is 0 Å². The van der Waals surface area contributed by atoms with E-state index in [9.17, 15) is 5.11 Å². The minimum absolute atomic E-state index is 0.154. The van der Waals surface area contributed by atoms with Crippen molar-refractivity contribution in [3.8, 4) is 0 Å². The minimum atomic E-state index is 0.154. The number of aromatic nitrogens is 1. The van der Waals surface area contributed by atoms with E-state index in [0.29, 0.717) is 6.54 Å². The zero-order valence-electron chi connectivity index (χ0n) is 12.6. The van der Waals surface area contributed by atoms with E-state index in [4.69, 9.17) is 11.6 Å². The van der Waals surface area contributed by atoms with E-state index in [-0.39, 0.29) is 6.61 Å². The number of hydrogen-bond acceptors (Lipinski definition) is 2. The Morgan fingerprint density at radius 2 is 1.95 bits per heavy atom. The summed E-state index contributed by atoms with van der Waals surface area (Å²) >= 11 is 6.27. The van der Waals surface area contributed by atoms with E-state index >= 15 is 0 Å². The Hall–Kier alpha value is -1.03. The van der Waals surface area contributed by atoms with Gasteiger partial charge in [0.25, 0.3) is 0 Å². The molecule has 1 aromatic carbocycles. The predicted molar refractivity (Wildman–Crippen MR) is 88.1 cm³/mol. The van der Waals surface area contributed by atoms with Crippen LogP contribution in [0.5, 0.6) is 0 Å². The van der Waals surface area contributed by atoms with Gasteiger partial charge in [0.1, 0.15) is 0 Å². The van der Waals surface area contributed by atoms with Crippen molar-refractivity contribution in [1.82, 2.24) is 9.47 Å². The van der Waals surface area contributed by atoms with Crippen molar-refractivity contribution in [2.24, 2.45) is 0 Å². The van der Waals surface area contributed by atoms with E-state index in [0.717, 1.165) is 29.1 Å². The van der Waals surface area contributed by atoms with E-state index in [1.54, 1.807) is 0 Å². The first-order valence-electron chi connectivity index (χ1n) is 7.80. The molecule has 1 aliphatic rings. The third-order valence-electron chi connectivity index (χ3n) is 4.48. The number of halogens is 1. The number of hydrogen-bond donors (Lipinski definition) is 1. The molecule has 2 heterocycles. The highest BCUT2D eigenvalue weighted by Gasteiger charge is 2.14. The van der Waals surface area contributed by atoms with Crippen LogP contribution in [0.15, 0.2) is 18.3 Å². The SMILES string of the molecule is Cc1cc2c(CCN3CCCC3)cn(CCO)c2cc1Cl. The van der Waals surface area contributed by atoms with Crippen LogP contribution in [0.2, 0.25) is 5.02 Å². The first-order chi connectivity index (χ1) is 10.2. The second-order valence-corrected chi connectivity index (χ2v) is 6.40. The van der Waals surface area contributed by atoms with Crippen LogP contribution < -0.4 is 0 Å². The Morgan fingerprint density at radius 1 is 1.19 bits per heavy atom. The number of aliphatic hydroxyl groups is 1. The molecule has 0 radical (unpaired) electrons. The molecule has 1 N–H and O–H groups in total. The zero-order chi connectivity index (χ0) is 14.8. The largest absolute Gasteiger partial charge is 0.395 e. The molecule has 3 nitrogen and oxygen atoms in total. The van der Waals surface area contributed by atoms with Gasteiger partial charge in [0.2, 0.25) is 0 Å². The second kappa shape index (κ2) is 6.39. The molecule has 0 atom stereocenters. The Kier molecular flexibility index (Phi) is 4.53. The lowest BCUT2D eigenvalue weighted by molar-refractivity contribution is 0.278. The van der Waals surface area contributed by atoms with Gasteiger partial charge in [0, 0.05) is 35.2 Å². The predicted octanol–water partition coefficient (Wildman–Crippen LogP) is 3.23. The summed E-state index contributed by atoms with van der Waals surface area (Å²) in [6.07, 6.45) is 5.92. The summed E-state index contributed by atoms with van der Waals surface area (Å²) in [6.45, 7) is 6.43. The highest BCUT2D eigenvalue weighted by molar-refractivity contribution is 6.32. The molecule has 21 heavy (non-hydrogen) atoms. The van der Waals surface area contributed by atoms with Gasteiger partial charge in [0.05, 0.1) is 6.61 Å². The van der Waals surface area contributed by atoms with Crippen LogP contribution in [0.3, 0.4) is 0 Å². The van der Waals surface area contributed by atoms with Crippen molar-refractivity contribution in [2.45, 2.75) is 32.7 Å². The Labute approximate surface area is 131 Å². The van der Waals surface area contributed by atoms with Crippen LogP contribution in [0.25, 0.3) is 10.9 Å². The van der Waals surface area contributed by atoms with Crippen LogP contribution in [-0.2, 0) is 13.0 Å². The van der Waals surface area contributed by atoms with Crippen LogP contribution in [0, 0.1) is 6.92 Å². The van der Waals surface area contributed by atoms with Crippen molar-refractivity contribution in [3.05, 3.63) is 34.5 Å². The lowest BCUT2D eigenvalue weighted by atomic mass is 10.1. The van der Waals surface area contributed by atoms with Gasteiger partial charge in [-0.25, -0.2) is 0 Å². The molecule has 0 aliphatic carbocycles. The van der Waals surface area contributed by atoms with Gasteiger partial charge in [-0.2, -0.15) is 0 Å². The summed E-state index contributed by atoms with van der Waals surface area (Å²) in [5.74, 6) is 0. The molecule has 0 saturated carbocycles.